The lowest BCUT2D eigenvalue weighted by atomic mass is 9.95. The Morgan fingerprint density at radius 2 is 2.03 bits per heavy atom. The first-order valence-corrected chi connectivity index (χ1v) is 10.8. The summed E-state index contributed by atoms with van der Waals surface area (Å²) >= 11 is 5.93. The quantitative estimate of drug-likeness (QED) is 0.646. The first kappa shape index (κ1) is 21.7. The van der Waals surface area contributed by atoms with Gasteiger partial charge in [0, 0.05) is 35.5 Å². The smallest absolute Gasteiger partial charge is 0.322 e. The van der Waals surface area contributed by atoms with Gasteiger partial charge in [0.15, 0.2) is 0 Å². The molecular weight excluding hydrogens is 454 g/mol. The van der Waals surface area contributed by atoms with Gasteiger partial charge >= 0.3 is 5.92 Å². The Balaban J connectivity index is 1.48. The van der Waals surface area contributed by atoms with Crippen LogP contribution in [0, 0.1) is 6.92 Å². The number of amides is 3. The molecule has 172 valence electrons. The van der Waals surface area contributed by atoms with Crippen molar-refractivity contribution in [3.63, 3.8) is 0 Å². The van der Waals surface area contributed by atoms with Crippen LogP contribution in [0.5, 0.6) is 0 Å². The molecule has 1 fully saturated rings. The number of piperidine rings is 1. The van der Waals surface area contributed by atoms with Gasteiger partial charge in [0.1, 0.15) is 6.02 Å². The van der Waals surface area contributed by atoms with Crippen molar-refractivity contribution >= 4 is 35.1 Å². The fourth-order valence-corrected chi connectivity index (χ4v) is 4.30. The average molecular weight is 476 g/mol. The van der Waals surface area contributed by atoms with E-state index in [9.17, 15) is 28.0 Å². The zero-order valence-corrected chi connectivity index (χ0v) is 18.5. The van der Waals surface area contributed by atoms with E-state index in [1.165, 1.54) is 31.2 Å². The van der Waals surface area contributed by atoms with Crippen LogP contribution in [0.4, 0.5) is 8.78 Å². The zero-order valence-electron chi connectivity index (χ0n) is 18.7. The van der Waals surface area contributed by atoms with E-state index < -0.39 is 47.4 Å². The van der Waals surface area contributed by atoms with Crippen molar-refractivity contribution in [2.75, 3.05) is 0 Å². The van der Waals surface area contributed by atoms with E-state index in [0.29, 0.717) is 16.7 Å². The highest BCUT2D eigenvalue weighted by Gasteiger charge is 2.42. The fraction of sp³-hybridized carbons (Fsp3) is 0.333. The van der Waals surface area contributed by atoms with E-state index in [1.807, 2.05) is 0 Å². The second-order valence-corrected chi connectivity index (χ2v) is 8.52. The van der Waals surface area contributed by atoms with Gasteiger partial charge in [-0.1, -0.05) is 35.9 Å². The minimum Gasteiger partial charge on any atom is -0.322 e. The number of benzene rings is 2. The molecule has 2 aliphatic rings. The second-order valence-electron chi connectivity index (χ2n) is 8.12. The van der Waals surface area contributed by atoms with Crippen molar-refractivity contribution in [1.29, 1.82) is 0 Å². The molecular formula is C24H21ClF2N2O4. The van der Waals surface area contributed by atoms with E-state index in [2.05, 4.69) is 5.32 Å². The summed E-state index contributed by atoms with van der Waals surface area (Å²) in [7, 11) is 0. The number of aryl methyl sites for hydroxylation is 1. The Morgan fingerprint density at radius 1 is 1.27 bits per heavy atom. The third kappa shape index (κ3) is 4.27. The van der Waals surface area contributed by atoms with E-state index >= 15 is 0 Å². The van der Waals surface area contributed by atoms with Crippen molar-refractivity contribution < 1.29 is 29.3 Å². The molecule has 0 radical (unpaired) electrons. The summed E-state index contributed by atoms with van der Waals surface area (Å²) in [5, 5.41) is 2.25. The Kier molecular flexibility index (Phi) is 5.70. The van der Waals surface area contributed by atoms with Crippen molar-refractivity contribution in [2.45, 2.75) is 51.1 Å². The number of fused-ring (bicyclic) bond motifs is 1. The molecule has 1 saturated heterocycles. The van der Waals surface area contributed by atoms with Crippen molar-refractivity contribution in [3.8, 4) is 0 Å². The average Bonchev–Trinajstić information content (AvgIpc) is 3.13. The number of hydrogen-bond donors (Lipinski definition) is 1. The number of Topliss-reactive ketones (excluding diaryl/α,β-unsaturated/α-hetero) is 1. The van der Waals surface area contributed by atoms with Gasteiger partial charge in [-0.25, -0.2) is 0 Å². The van der Waals surface area contributed by atoms with Gasteiger partial charge in [-0.3, -0.25) is 24.5 Å². The molecule has 4 rings (SSSR count). The van der Waals surface area contributed by atoms with Crippen LogP contribution in [0.2, 0.25) is 5.02 Å². The lowest BCUT2D eigenvalue weighted by Gasteiger charge is -2.29. The molecule has 9 heteroatoms. The van der Waals surface area contributed by atoms with Crippen LogP contribution < -0.4 is 5.32 Å². The highest BCUT2D eigenvalue weighted by Crippen LogP contribution is 2.35. The molecule has 2 aromatic rings. The molecule has 33 heavy (non-hydrogen) atoms. The van der Waals surface area contributed by atoms with Crippen molar-refractivity contribution in [1.82, 2.24) is 10.2 Å². The molecule has 1 atom stereocenters. The van der Waals surface area contributed by atoms with Crippen molar-refractivity contribution in [2.24, 2.45) is 0 Å². The minimum atomic E-state index is -3.69. The molecule has 2 heterocycles. The number of alkyl halides is 2. The lowest BCUT2D eigenvalue weighted by Crippen LogP contribution is -2.52. The maximum Gasteiger partial charge on any atom is 0.330 e. The first-order valence-electron chi connectivity index (χ1n) is 10.9. The Labute approximate surface area is 195 Å². The number of carbonyl (C=O) groups excluding carboxylic acids is 4. The number of rotatable bonds is 6. The standard InChI is InChI=1S/C24H21ClF2N2O4/c1-13-17(3-2-4-18(13)25)24(26,27)20(30)9-6-14-5-7-16-15(11-14)12-29(23(16)33)19-8-10-21(31)28-22(19)32/h2-5,7,11,19H,6,8-10,12H2,1H3,(H,28,31,32)/t19-/m1/s1/i19D. The number of ketones is 1. The number of imide groups is 1. The maximum atomic E-state index is 14.8. The summed E-state index contributed by atoms with van der Waals surface area (Å²) in [6, 6.07) is 6.82. The van der Waals surface area contributed by atoms with Gasteiger partial charge in [0.25, 0.3) is 5.91 Å². The molecule has 2 aliphatic heterocycles. The number of halogens is 3. The van der Waals surface area contributed by atoms with Crippen LogP contribution in [0.3, 0.4) is 0 Å². The highest BCUT2D eigenvalue weighted by atomic mass is 35.5. The monoisotopic (exact) mass is 475 g/mol. The minimum absolute atomic E-state index is 0.0243. The Morgan fingerprint density at radius 3 is 2.76 bits per heavy atom. The normalized spacial score (nSPS) is 21.0. The largest absolute Gasteiger partial charge is 0.330 e. The van der Waals surface area contributed by atoms with E-state index in [0.717, 1.165) is 4.90 Å². The van der Waals surface area contributed by atoms with Gasteiger partial charge in [-0.15, -0.1) is 0 Å². The van der Waals surface area contributed by atoms with E-state index in [1.54, 1.807) is 12.1 Å². The Hall–Kier alpha value is -3.13. The highest BCUT2D eigenvalue weighted by molar-refractivity contribution is 6.31. The van der Waals surface area contributed by atoms with Gasteiger partial charge in [0.2, 0.25) is 17.6 Å². The molecule has 2 aromatic carbocycles. The second kappa shape index (κ2) is 8.67. The predicted molar refractivity (Wildman–Crippen MR) is 116 cm³/mol. The van der Waals surface area contributed by atoms with Crippen LogP contribution >= 0.6 is 11.6 Å². The lowest BCUT2D eigenvalue weighted by molar-refractivity contribution is -0.144. The number of carbonyl (C=O) groups is 4. The van der Waals surface area contributed by atoms with Crippen LogP contribution in [-0.4, -0.2) is 34.4 Å². The van der Waals surface area contributed by atoms with Crippen LogP contribution in [0.15, 0.2) is 36.4 Å². The van der Waals surface area contributed by atoms with Crippen LogP contribution in [-0.2, 0) is 33.3 Å². The summed E-state index contributed by atoms with van der Waals surface area (Å²) < 4.78 is 38.1. The van der Waals surface area contributed by atoms with Gasteiger partial charge in [-0.05, 0) is 48.6 Å². The predicted octanol–water partition coefficient (Wildman–Crippen LogP) is 3.70. The Bertz CT molecular complexity index is 1240. The zero-order chi connectivity index (χ0) is 24.8. The summed E-state index contributed by atoms with van der Waals surface area (Å²) in [4.78, 5) is 50.0. The van der Waals surface area contributed by atoms with Gasteiger partial charge in [-0.2, -0.15) is 8.78 Å². The van der Waals surface area contributed by atoms with Crippen LogP contribution in [0.25, 0.3) is 0 Å². The third-order valence-corrected chi connectivity index (χ3v) is 6.41. The number of hydrogen-bond acceptors (Lipinski definition) is 4. The summed E-state index contributed by atoms with van der Waals surface area (Å²) in [6.45, 7) is 1.41. The van der Waals surface area contributed by atoms with Crippen molar-refractivity contribution in [3.05, 3.63) is 69.2 Å². The molecule has 0 unspecified atom stereocenters. The molecule has 3 amide bonds. The summed E-state index contributed by atoms with van der Waals surface area (Å²) in [5.74, 6) is -6.80. The summed E-state index contributed by atoms with van der Waals surface area (Å²) in [6.07, 6.45) is -0.571. The van der Waals surface area contributed by atoms with E-state index in [-0.39, 0.29) is 36.4 Å². The number of nitrogens with zero attached hydrogens (tertiary/aromatic N) is 1. The molecule has 0 saturated carbocycles. The fourth-order valence-electron chi connectivity index (χ4n) is 4.12. The number of nitrogens with one attached hydrogen (secondary N) is 1. The molecule has 0 aromatic heterocycles. The maximum absolute atomic E-state index is 14.8. The molecule has 0 spiro atoms. The van der Waals surface area contributed by atoms with Crippen LogP contribution in [0.1, 0.15) is 53.2 Å². The topological polar surface area (TPSA) is 83.6 Å². The molecule has 0 bridgehead atoms. The first-order chi connectivity index (χ1) is 15.9. The molecule has 1 N–H and O–H groups in total. The summed E-state index contributed by atoms with van der Waals surface area (Å²) in [5.41, 5.74) is 1.12. The molecule has 6 nitrogen and oxygen atoms in total. The SMILES string of the molecule is [2H][C@@]1(N2Cc3cc(CCC(=O)C(F)(F)c4cccc(Cl)c4C)ccc3C2=O)CCC(=O)NC1=O. The van der Waals surface area contributed by atoms with Gasteiger partial charge < -0.3 is 4.90 Å². The molecule has 0 aliphatic carbocycles. The third-order valence-electron chi connectivity index (χ3n) is 6.00. The van der Waals surface area contributed by atoms with Gasteiger partial charge in [0.05, 0.1) is 1.37 Å². The van der Waals surface area contributed by atoms with E-state index in [4.69, 9.17) is 13.0 Å².